The van der Waals surface area contributed by atoms with Crippen molar-refractivity contribution in [3.8, 4) is 0 Å². The Labute approximate surface area is 165 Å². The van der Waals surface area contributed by atoms with E-state index in [1.54, 1.807) is 12.1 Å². The zero-order chi connectivity index (χ0) is 19.3. The van der Waals surface area contributed by atoms with Crippen molar-refractivity contribution in [2.75, 3.05) is 31.1 Å². The Bertz CT molecular complexity index is 882. The van der Waals surface area contributed by atoms with Crippen LogP contribution in [0.1, 0.15) is 17.0 Å². The summed E-state index contributed by atoms with van der Waals surface area (Å²) in [5.74, 6) is -0.413. The third kappa shape index (κ3) is 3.91. The highest BCUT2D eigenvalue weighted by molar-refractivity contribution is 5.87. The summed E-state index contributed by atoms with van der Waals surface area (Å²) in [6.45, 7) is 2.66. The van der Waals surface area contributed by atoms with Gasteiger partial charge in [0.25, 0.3) is 0 Å². The van der Waals surface area contributed by atoms with Gasteiger partial charge in [-0.3, -0.25) is 4.79 Å². The van der Waals surface area contributed by atoms with Gasteiger partial charge in [0.05, 0.1) is 5.92 Å². The summed E-state index contributed by atoms with van der Waals surface area (Å²) >= 11 is 0. The maximum atomic E-state index is 13.5. The van der Waals surface area contributed by atoms with Crippen molar-refractivity contribution in [1.29, 1.82) is 0 Å². The molecule has 3 aromatic carbocycles. The predicted octanol–water partition coefficient (Wildman–Crippen LogP) is 4.31. The molecule has 142 valence electrons. The van der Waals surface area contributed by atoms with E-state index < -0.39 is 0 Å². The molecule has 0 saturated carbocycles. The first-order valence-electron chi connectivity index (χ1n) is 9.61. The smallest absolute Gasteiger partial charge is 0.234 e. The molecule has 1 saturated heterocycles. The molecule has 1 aliphatic heterocycles. The van der Waals surface area contributed by atoms with E-state index in [-0.39, 0.29) is 17.6 Å². The number of piperazine rings is 1. The van der Waals surface area contributed by atoms with Crippen LogP contribution >= 0.6 is 0 Å². The molecule has 28 heavy (non-hydrogen) atoms. The molecule has 1 heterocycles. The fraction of sp³-hybridized carbons (Fsp3) is 0.208. The standard InChI is InChI=1S/C24H23FN2O/c25-21-12-7-13-22(18-21)26-14-16-27(17-15-26)24(28)23(19-8-3-1-4-9-19)20-10-5-2-6-11-20/h1-13,18,23H,14-17H2. The van der Waals surface area contributed by atoms with Gasteiger partial charge < -0.3 is 9.80 Å². The second-order valence-electron chi connectivity index (χ2n) is 7.05. The molecule has 0 spiro atoms. The van der Waals surface area contributed by atoms with Crippen LogP contribution < -0.4 is 4.90 Å². The Morgan fingerprint density at radius 1 is 0.750 bits per heavy atom. The summed E-state index contributed by atoms with van der Waals surface area (Å²) in [5, 5.41) is 0. The number of hydrogen-bond donors (Lipinski definition) is 0. The normalized spacial score (nSPS) is 14.4. The number of benzene rings is 3. The summed E-state index contributed by atoms with van der Waals surface area (Å²) in [6.07, 6.45) is 0. The number of carbonyl (C=O) groups is 1. The van der Waals surface area contributed by atoms with Crippen molar-refractivity contribution in [2.45, 2.75) is 5.92 Å². The highest BCUT2D eigenvalue weighted by atomic mass is 19.1. The van der Waals surface area contributed by atoms with E-state index in [9.17, 15) is 9.18 Å². The van der Waals surface area contributed by atoms with Crippen molar-refractivity contribution >= 4 is 11.6 Å². The van der Waals surface area contributed by atoms with Crippen molar-refractivity contribution in [2.24, 2.45) is 0 Å². The number of rotatable bonds is 4. The van der Waals surface area contributed by atoms with Crippen molar-refractivity contribution < 1.29 is 9.18 Å². The third-order valence-corrected chi connectivity index (χ3v) is 5.28. The minimum atomic E-state index is -0.303. The lowest BCUT2D eigenvalue weighted by molar-refractivity contribution is -0.132. The fourth-order valence-corrected chi connectivity index (χ4v) is 3.81. The Morgan fingerprint density at radius 3 is 1.86 bits per heavy atom. The third-order valence-electron chi connectivity index (χ3n) is 5.28. The molecule has 0 atom stereocenters. The molecule has 0 aromatic heterocycles. The summed E-state index contributed by atoms with van der Waals surface area (Å²) in [6, 6.07) is 26.5. The van der Waals surface area contributed by atoms with Crippen LogP contribution in [0.4, 0.5) is 10.1 Å². The van der Waals surface area contributed by atoms with Gasteiger partial charge in [0.15, 0.2) is 0 Å². The van der Waals surface area contributed by atoms with Gasteiger partial charge in [-0.15, -0.1) is 0 Å². The van der Waals surface area contributed by atoms with Gasteiger partial charge in [0.1, 0.15) is 5.82 Å². The number of halogens is 1. The highest BCUT2D eigenvalue weighted by Crippen LogP contribution is 2.28. The number of anilines is 1. The molecule has 4 heteroatoms. The van der Waals surface area contributed by atoms with E-state index in [1.165, 1.54) is 6.07 Å². The van der Waals surface area contributed by atoms with Crippen LogP contribution in [0.5, 0.6) is 0 Å². The molecule has 0 aliphatic carbocycles. The molecule has 3 nitrogen and oxygen atoms in total. The van der Waals surface area contributed by atoms with E-state index in [0.29, 0.717) is 26.2 Å². The first-order chi connectivity index (χ1) is 13.7. The van der Waals surface area contributed by atoms with E-state index in [4.69, 9.17) is 0 Å². The number of carbonyl (C=O) groups excluding carboxylic acids is 1. The summed E-state index contributed by atoms with van der Waals surface area (Å²) in [7, 11) is 0. The Kier molecular flexibility index (Phi) is 5.38. The van der Waals surface area contributed by atoms with Crippen LogP contribution in [0, 0.1) is 5.82 Å². The predicted molar refractivity (Wildman–Crippen MR) is 110 cm³/mol. The molecule has 1 fully saturated rings. The van der Waals surface area contributed by atoms with Crippen LogP contribution in [0.3, 0.4) is 0 Å². The maximum absolute atomic E-state index is 13.5. The van der Waals surface area contributed by atoms with Gasteiger partial charge >= 0.3 is 0 Å². The minimum Gasteiger partial charge on any atom is -0.368 e. The van der Waals surface area contributed by atoms with Gasteiger partial charge in [0.2, 0.25) is 5.91 Å². The lowest BCUT2D eigenvalue weighted by atomic mass is 9.90. The van der Waals surface area contributed by atoms with E-state index in [0.717, 1.165) is 16.8 Å². The van der Waals surface area contributed by atoms with Crippen LogP contribution in [-0.4, -0.2) is 37.0 Å². The average Bonchev–Trinajstić information content (AvgIpc) is 2.75. The summed E-state index contributed by atoms with van der Waals surface area (Å²) < 4.78 is 13.5. The van der Waals surface area contributed by atoms with Crippen molar-refractivity contribution in [3.63, 3.8) is 0 Å². The van der Waals surface area contributed by atoms with Crippen molar-refractivity contribution in [3.05, 3.63) is 102 Å². The van der Waals surface area contributed by atoms with Crippen LogP contribution in [0.2, 0.25) is 0 Å². The zero-order valence-electron chi connectivity index (χ0n) is 15.7. The molecule has 0 bridgehead atoms. The van der Waals surface area contributed by atoms with E-state index >= 15 is 0 Å². The minimum absolute atomic E-state index is 0.122. The SMILES string of the molecule is O=C(C(c1ccccc1)c1ccccc1)N1CCN(c2cccc(F)c2)CC1. The molecular formula is C24H23FN2O. The molecule has 3 aromatic rings. The van der Waals surface area contributed by atoms with Crippen molar-refractivity contribution in [1.82, 2.24) is 4.90 Å². The van der Waals surface area contributed by atoms with E-state index in [1.807, 2.05) is 71.6 Å². The first kappa shape index (κ1) is 18.2. The van der Waals surface area contributed by atoms with Gasteiger partial charge in [0, 0.05) is 31.9 Å². The molecule has 0 N–H and O–H groups in total. The van der Waals surface area contributed by atoms with Crippen LogP contribution in [0.15, 0.2) is 84.9 Å². The van der Waals surface area contributed by atoms with Gasteiger partial charge in [-0.1, -0.05) is 66.7 Å². The first-order valence-corrected chi connectivity index (χ1v) is 9.61. The summed E-state index contributed by atoms with van der Waals surface area (Å²) in [4.78, 5) is 17.5. The Morgan fingerprint density at radius 2 is 1.32 bits per heavy atom. The molecule has 0 radical (unpaired) electrons. The van der Waals surface area contributed by atoms with Crippen LogP contribution in [-0.2, 0) is 4.79 Å². The van der Waals surface area contributed by atoms with Crippen LogP contribution in [0.25, 0.3) is 0 Å². The second kappa shape index (κ2) is 8.26. The average molecular weight is 374 g/mol. The van der Waals surface area contributed by atoms with Gasteiger partial charge in [-0.25, -0.2) is 4.39 Å². The topological polar surface area (TPSA) is 23.6 Å². The van der Waals surface area contributed by atoms with Gasteiger partial charge in [-0.2, -0.15) is 0 Å². The molecule has 0 unspecified atom stereocenters. The lowest BCUT2D eigenvalue weighted by Crippen LogP contribution is -2.50. The highest BCUT2D eigenvalue weighted by Gasteiger charge is 2.29. The molecule has 1 amide bonds. The van der Waals surface area contributed by atoms with E-state index in [2.05, 4.69) is 4.90 Å². The maximum Gasteiger partial charge on any atom is 0.234 e. The molecular weight excluding hydrogens is 351 g/mol. The molecule has 1 aliphatic rings. The largest absolute Gasteiger partial charge is 0.368 e. The Balaban J connectivity index is 1.52. The van der Waals surface area contributed by atoms with Gasteiger partial charge in [-0.05, 0) is 29.3 Å². The number of nitrogens with zero attached hydrogens (tertiary/aromatic N) is 2. The second-order valence-corrected chi connectivity index (χ2v) is 7.05. The zero-order valence-corrected chi connectivity index (χ0v) is 15.7. The Hall–Kier alpha value is -3.14. The number of amides is 1. The fourth-order valence-electron chi connectivity index (χ4n) is 3.81. The monoisotopic (exact) mass is 374 g/mol. The quantitative estimate of drug-likeness (QED) is 0.680. The lowest BCUT2D eigenvalue weighted by Gasteiger charge is -2.37. The number of hydrogen-bond acceptors (Lipinski definition) is 2. The summed E-state index contributed by atoms with van der Waals surface area (Å²) in [5.41, 5.74) is 2.88. The molecule has 4 rings (SSSR count).